The molecule has 9 heteroatoms. The molecule has 114 valence electrons. The highest BCUT2D eigenvalue weighted by molar-refractivity contribution is 9.10. The Morgan fingerprint density at radius 3 is 2.55 bits per heavy atom. The number of hydrogen-bond acceptors (Lipinski definition) is 4. The minimum Gasteiger partial charge on any atom is -0.867 e. The van der Waals surface area contributed by atoms with Gasteiger partial charge in [0.2, 0.25) is 0 Å². The number of benzene rings is 2. The van der Waals surface area contributed by atoms with E-state index < -0.39 is 22.3 Å². The van der Waals surface area contributed by atoms with Gasteiger partial charge in [-0.2, -0.15) is 0 Å². The lowest BCUT2D eigenvalue weighted by Crippen LogP contribution is -2.16. The van der Waals surface area contributed by atoms with Crippen molar-refractivity contribution in [1.82, 2.24) is 0 Å². The van der Waals surface area contributed by atoms with Gasteiger partial charge < -0.3 is 10.4 Å². The Morgan fingerprint density at radius 2 is 1.91 bits per heavy atom. The minimum atomic E-state index is -0.983. The first-order valence-electron chi connectivity index (χ1n) is 5.71. The number of nitro groups is 1. The molecule has 6 nitrogen and oxygen atoms in total. The lowest BCUT2D eigenvalue weighted by Gasteiger charge is -2.15. The van der Waals surface area contributed by atoms with Crippen molar-refractivity contribution in [3.63, 3.8) is 0 Å². The van der Waals surface area contributed by atoms with Crippen molar-refractivity contribution in [2.24, 2.45) is 0 Å². The van der Waals surface area contributed by atoms with Gasteiger partial charge in [0.1, 0.15) is 0 Å². The van der Waals surface area contributed by atoms with Gasteiger partial charge in [0, 0.05) is 21.1 Å². The molecule has 2 aromatic rings. The van der Waals surface area contributed by atoms with E-state index >= 15 is 0 Å². The molecule has 0 aliphatic heterocycles. The van der Waals surface area contributed by atoms with Gasteiger partial charge in [-0.15, -0.1) is 0 Å². The quantitative estimate of drug-likeness (QED) is 0.617. The molecule has 0 saturated carbocycles. The van der Waals surface area contributed by atoms with E-state index in [9.17, 15) is 20.0 Å². The second-order valence-corrected chi connectivity index (χ2v) is 5.90. The average molecular weight is 405 g/mol. The standard InChI is InChI=1S/C13H7BrCl2N2O4/c14-6-3-8(12(19)11(4-6)18(21)22)13(20)17-10-5-7(15)1-2-9(10)16/h1-5,19H,(H,17,20)/p-1. The molecule has 0 aliphatic carbocycles. The maximum atomic E-state index is 12.2. The Balaban J connectivity index is 2.42. The summed E-state index contributed by atoms with van der Waals surface area (Å²) in [6, 6.07) is 6.64. The number of halogens is 3. The zero-order chi connectivity index (χ0) is 16.4. The molecule has 1 N–H and O–H groups in total. The Morgan fingerprint density at radius 1 is 1.23 bits per heavy atom. The van der Waals surface area contributed by atoms with E-state index in [0.29, 0.717) is 5.02 Å². The van der Waals surface area contributed by atoms with Gasteiger partial charge in [0.25, 0.3) is 11.6 Å². The second kappa shape index (κ2) is 6.51. The van der Waals surface area contributed by atoms with Crippen molar-refractivity contribution in [2.75, 3.05) is 5.32 Å². The number of anilines is 1. The molecule has 0 fully saturated rings. The van der Waals surface area contributed by atoms with E-state index in [-0.39, 0.29) is 20.7 Å². The third-order valence-electron chi connectivity index (χ3n) is 2.65. The molecule has 0 aliphatic rings. The van der Waals surface area contributed by atoms with Crippen molar-refractivity contribution in [1.29, 1.82) is 0 Å². The molecule has 0 bridgehead atoms. The second-order valence-electron chi connectivity index (χ2n) is 4.14. The van der Waals surface area contributed by atoms with E-state index in [2.05, 4.69) is 21.2 Å². The molecular formula is C13H6BrCl2N2O4-. The SMILES string of the molecule is O=C(Nc1cc(Cl)ccc1Cl)c1cc(Br)cc([N+](=O)[O-])c1[O-]. The molecule has 2 aromatic carbocycles. The number of carbonyl (C=O) groups is 1. The molecule has 22 heavy (non-hydrogen) atoms. The van der Waals surface area contributed by atoms with Crippen LogP contribution in [-0.4, -0.2) is 10.8 Å². The topological polar surface area (TPSA) is 95.3 Å². The van der Waals surface area contributed by atoms with E-state index in [1.165, 1.54) is 24.3 Å². The maximum Gasteiger partial charge on any atom is 0.263 e. The molecule has 0 aromatic heterocycles. The van der Waals surface area contributed by atoms with E-state index in [4.69, 9.17) is 23.2 Å². The van der Waals surface area contributed by atoms with Crippen LogP contribution in [0.3, 0.4) is 0 Å². The maximum absolute atomic E-state index is 12.2. The summed E-state index contributed by atoms with van der Waals surface area (Å²) in [4.78, 5) is 22.1. The highest BCUT2D eigenvalue weighted by Gasteiger charge is 2.17. The largest absolute Gasteiger partial charge is 0.867 e. The van der Waals surface area contributed by atoms with Gasteiger partial charge in [-0.1, -0.05) is 39.1 Å². The van der Waals surface area contributed by atoms with Gasteiger partial charge in [0.05, 0.1) is 15.6 Å². The Kier molecular flexibility index (Phi) is 4.90. The molecular weight excluding hydrogens is 399 g/mol. The Labute approximate surface area is 142 Å². The molecule has 0 atom stereocenters. The van der Waals surface area contributed by atoms with E-state index in [1.54, 1.807) is 0 Å². The van der Waals surface area contributed by atoms with Crippen LogP contribution in [0.15, 0.2) is 34.8 Å². The van der Waals surface area contributed by atoms with Crippen LogP contribution in [0.4, 0.5) is 11.4 Å². The van der Waals surface area contributed by atoms with E-state index in [1.807, 2.05) is 0 Å². The van der Waals surface area contributed by atoms with Crippen molar-refractivity contribution in [2.45, 2.75) is 0 Å². The van der Waals surface area contributed by atoms with Gasteiger partial charge in [-0.3, -0.25) is 14.9 Å². The molecule has 0 heterocycles. The summed E-state index contributed by atoms with van der Waals surface area (Å²) >= 11 is 14.7. The highest BCUT2D eigenvalue weighted by Crippen LogP contribution is 2.32. The van der Waals surface area contributed by atoms with Crippen LogP contribution in [-0.2, 0) is 0 Å². The summed E-state index contributed by atoms with van der Waals surface area (Å²) in [5.41, 5.74) is -0.880. The van der Waals surface area contributed by atoms with Crippen LogP contribution in [0.25, 0.3) is 0 Å². The van der Waals surface area contributed by atoms with Gasteiger partial charge in [-0.25, -0.2) is 0 Å². The van der Waals surface area contributed by atoms with Gasteiger partial charge >= 0.3 is 0 Å². The van der Waals surface area contributed by atoms with Crippen LogP contribution in [0.1, 0.15) is 10.4 Å². The summed E-state index contributed by atoms with van der Waals surface area (Å²) in [6.07, 6.45) is 0. The fourth-order valence-electron chi connectivity index (χ4n) is 1.67. The number of nitrogens with zero attached hydrogens (tertiary/aromatic N) is 1. The highest BCUT2D eigenvalue weighted by atomic mass is 79.9. The average Bonchev–Trinajstić information content (AvgIpc) is 2.44. The summed E-state index contributed by atoms with van der Waals surface area (Å²) < 4.78 is 0.237. The summed E-state index contributed by atoms with van der Waals surface area (Å²) in [5, 5.41) is 25.7. The number of rotatable bonds is 3. The van der Waals surface area contributed by atoms with Crippen molar-refractivity contribution in [3.8, 4) is 5.75 Å². The number of hydrogen-bond donors (Lipinski definition) is 1. The van der Waals surface area contributed by atoms with Gasteiger partial charge in [-0.05, 0) is 30.0 Å². The first-order chi connectivity index (χ1) is 10.3. The molecule has 0 saturated heterocycles. The Hall–Kier alpha value is -1.83. The summed E-state index contributed by atoms with van der Waals surface area (Å²) in [7, 11) is 0. The zero-order valence-electron chi connectivity index (χ0n) is 10.6. The minimum absolute atomic E-state index is 0.196. The Bertz CT molecular complexity index is 783. The van der Waals surface area contributed by atoms with Crippen LogP contribution in [0.2, 0.25) is 10.0 Å². The normalized spacial score (nSPS) is 10.3. The van der Waals surface area contributed by atoms with Crippen LogP contribution < -0.4 is 10.4 Å². The predicted octanol–water partition coefficient (Wildman–Crippen LogP) is 3.99. The smallest absolute Gasteiger partial charge is 0.263 e. The third-order valence-corrected chi connectivity index (χ3v) is 3.67. The van der Waals surface area contributed by atoms with Crippen molar-refractivity contribution in [3.05, 3.63) is 60.5 Å². The zero-order valence-corrected chi connectivity index (χ0v) is 13.7. The third kappa shape index (κ3) is 3.49. The number of nitro benzene ring substituents is 1. The fourth-order valence-corrected chi connectivity index (χ4v) is 2.45. The summed E-state index contributed by atoms with van der Waals surface area (Å²) in [6.45, 7) is 0. The first-order valence-corrected chi connectivity index (χ1v) is 7.26. The lowest BCUT2D eigenvalue weighted by molar-refractivity contribution is -0.398. The molecule has 1 amide bonds. The number of carbonyl (C=O) groups excluding carboxylic acids is 1. The predicted molar refractivity (Wildman–Crippen MR) is 84.7 cm³/mol. The van der Waals surface area contributed by atoms with Gasteiger partial charge in [0.15, 0.2) is 0 Å². The molecule has 2 rings (SSSR count). The first kappa shape index (κ1) is 16.5. The molecule has 0 unspecified atom stereocenters. The summed E-state index contributed by atoms with van der Waals surface area (Å²) in [5.74, 6) is -1.80. The van der Waals surface area contributed by atoms with Crippen molar-refractivity contribution < 1.29 is 14.8 Å². The van der Waals surface area contributed by atoms with Crippen LogP contribution in [0, 0.1) is 10.1 Å². The van der Waals surface area contributed by atoms with Crippen molar-refractivity contribution >= 4 is 56.4 Å². The molecule has 0 spiro atoms. The lowest BCUT2D eigenvalue weighted by atomic mass is 10.1. The molecule has 0 radical (unpaired) electrons. The fraction of sp³-hybridized carbons (Fsp3) is 0. The van der Waals surface area contributed by atoms with E-state index in [0.717, 1.165) is 6.07 Å². The number of nitrogens with one attached hydrogen (secondary N) is 1. The number of amides is 1. The monoisotopic (exact) mass is 403 g/mol. The van der Waals surface area contributed by atoms with Crippen LogP contribution >= 0.6 is 39.1 Å². The van der Waals surface area contributed by atoms with Crippen LogP contribution in [0.5, 0.6) is 5.75 Å².